The van der Waals surface area contributed by atoms with Crippen molar-refractivity contribution in [1.82, 2.24) is 19.9 Å². The second-order valence-electron chi connectivity index (χ2n) is 5.52. The van der Waals surface area contributed by atoms with Crippen LogP contribution in [0, 0.1) is 5.92 Å². The van der Waals surface area contributed by atoms with E-state index in [0.717, 1.165) is 16.8 Å². The van der Waals surface area contributed by atoms with Gasteiger partial charge < -0.3 is 10.0 Å². The van der Waals surface area contributed by atoms with E-state index in [1.165, 1.54) is 37.2 Å². The van der Waals surface area contributed by atoms with Crippen molar-refractivity contribution < 1.29 is 27.9 Å². The fraction of sp³-hybridized carbons (Fsp3) is 0.333. The van der Waals surface area contributed by atoms with Gasteiger partial charge in [0, 0.05) is 13.6 Å². The second-order valence-corrected chi connectivity index (χ2v) is 5.52. The SMILES string of the molecule is CC(CN(C)C(=O)c1cn(-c2cccc(C(F)(F)F)c2)nn1)C(=O)O. The first-order valence-electron chi connectivity index (χ1n) is 7.18. The summed E-state index contributed by atoms with van der Waals surface area (Å²) in [5.41, 5.74) is -0.846. The molecule has 0 aliphatic rings. The van der Waals surface area contributed by atoms with Crippen molar-refractivity contribution in [2.24, 2.45) is 5.92 Å². The Bertz CT molecular complexity index is 788. The average Bonchev–Trinajstić information content (AvgIpc) is 3.03. The minimum Gasteiger partial charge on any atom is -0.481 e. The Balaban J connectivity index is 2.20. The monoisotopic (exact) mass is 356 g/mol. The van der Waals surface area contributed by atoms with Gasteiger partial charge in [-0.1, -0.05) is 18.2 Å². The molecule has 0 fully saturated rings. The molecule has 0 bridgehead atoms. The van der Waals surface area contributed by atoms with Crippen LogP contribution in [0.3, 0.4) is 0 Å². The molecule has 1 aromatic heterocycles. The molecule has 2 aromatic rings. The number of aromatic nitrogens is 3. The highest BCUT2D eigenvalue weighted by molar-refractivity contribution is 5.92. The predicted molar refractivity (Wildman–Crippen MR) is 80.1 cm³/mol. The van der Waals surface area contributed by atoms with Crippen LogP contribution in [0.25, 0.3) is 5.69 Å². The number of amides is 1. The molecule has 1 heterocycles. The number of carboxylic acid groups (broad SMARTS) is 1. The lowest BCUT2D eigenvalue weighted by Crippen LogP contribution is -2.33. The Labute approximate surface area is 140 Å². The smallest absolute Gasteiger partial charge is 0.416 e. The molecule has 1 amide bonds. The Hall–Kier alpha value is -2.91. The number of alkyl halides is 3. The topological polar surface area (TPSA) is 88.3 Å². The number of carboxylic acids is 1. The third-order valence-electron chi connectivity index (χ3n) is 3.47. The van der Waals surface area contributed by atoms with Gasteiger partial charge in [0.1, 0.15) is 0 Å². The third-order valence-corrected chi connectivity index (χ3v) is 3.47. The number of hydrogen-bond acceptors (Lipinski definition) is 4. The summed E-state index contributed by atoms with van der Waals surface area (Å²) in [6, 6.07) is 4.43. The maximum absolute atomic E-state index is 12.8. The maximum atomic E-state index is 12.8. The van der Waals surface area contributed by atoms with Crippen LogP contribution in [0.5, 0.6) is 0 Å². The van der Waals surface area contributed by atoms with E-state index < -0.39 is 29.5 Å². The Kier molecular flexibility index (Phi) is 5.10. The van der Waals surface area contributed by atoms with Gasteiger partial charge in [0.05, 0.1) is 23.4 Å². The first-order chi connectivity index (χ1) is 11.6. The second kappa shape index (κ2) is 6.91. The van der Waals surface area contributed by atoms with E-state index in [4.69, 9.17) is 5.11 Å². The number of aliphatic carboxylic acids is 1. The highest BCUT2D eigenvalue weighted by Gasteiger charge is 2.30. The molecule has 0 saturated heterocycles. The molecule has 1 atom stereocenters. The molecule has 2 rings (SSSR count). The van der Waals surface area contributed by atoms with Crippen molar-refractivity contribution in [1.29, 1.82) is 0 Å². The Morgan fingerprint density at radius 3 is 2.64 bits per heavy atom. The van der Waals surface area contributed by atoms with Crippen molar-refractivity contribution in [3.05, 3.63) is 41.7 Å². The van der Waals surface area contributed by atoms with Crippen LogP contribution in [0.2, 0.25) is 0 Å². The molecule has 134 valence electrons. The van der Waals surface area contributed by atoms with Gasteiger partial charge in [-0.05, 0) is 18.2 Å². The molecule has 10 heteroatoms. The van der Waals surface area contributed by atoms with Crippen LogP contribution in [-0.4, -0.2) is 50.5 Å². The molecular formula is C15H15F3N4O3. The first-order valence-corrected chi connectivity index (χ1v) is 7.18. The zero-order chi connectivity index (χ0) is 18.8. The molecule has 1 unspecified atom stereocenters. The van der Waals surface area contributed by atoms with Crippen molar-refractivity contribution >= 4 is 11.9 Å². The number of hydrogen-bond donors (Lipinski definition) is 1. The normalized spacial score (nSPS) is 12.7. The van der Waals surface area contributed by atoms with Crippen LogP contribution in [0.1, 0.15) is 23.0 Å². The van der Waals surface area contributed by atoms with Crippen LogP contribution in [-0.2, 0) is 11.0 Å². The van der Waals surface area contributed by atoms with Gasteiger partial charge in [-0.2, -0.15) is 13.2 Å². The zero-order valence-electron chi connectivity index (χ0n) is 13.4. The largest absolute Gasteiger partial charge is 0.481 e. The molecule has 25 heavy (non-hydrogen) atoms. The molecule has 0 aliphatic heterocycles. The standard InChI is InChI=1S/C15H15F3N4O3/c1-9(14(24)25)7-21(2)13(23)12-8-22(20-19-12)11-5-3-4-10(6-11)15(16,17)18/h3-6,8-9H,7H2,1-2H3,(H,24,25). The van der Waals surface area contributed by atoms with Crippen molar-refractivity contribution in [3.8, 4) is 5.69 Å². The summed E-state index contributed by atoms with van der Waals surface area (Å²) in [7, 11) is 1.41. The minimum absolute atomic E-state index is 0.0371. The molecular weight excluding hydrogens is 341 g/mol. The molecule has 7 nitrogen and oxygen atoms in total. The summed E-state index contributed by atoms with van der Waals surface area (Å²) in [6.07, 6.45) is -3.30. The van der Waals surface area contributed by atoms with Gasteiger partial charge >= 0.3 is 12.1 Å². The van der Waals surface area contributed by atoms with Crippen molar-refractivity contribution in [2.45, 2.75) is 13.1 Å². The number of rotatable bonds is 5. The number of halogens is 3. The van der Waals surface area contributed by atoms with Crippen LogP contribution >= 0.6 is 0 Å². The first kappa shape index (κ1) is 18.4. The van der Waals surface area contributed by atoms with Gasteiger partial charge in [-0.15, -0.1) is 5.10 Å². The zero-order valence-corrected chi connectivity index (χ0v) is 13.4. The summed E-state index contributed by atoms with van der Waals surface area (Å²) in [6.45, 7) is 1.41. The van der Waals surface area contributed by atoms with Crippen LogP contribution in [0.15, 0.2) is 30.5 Å². The summed E-state index contributed by atoms with van der Waals surface area (Å²) < 4.78 is 39.3. The van der Waals surface area contributed by atoms with E-state index in [2.05, 4.69) is 10.3 Å². The van der Waals surface area contributed by atoms with E-state index in [1.54, 1.807) is 0 Å². The number of carbonyl (C=O) groups is 2. The number of carbonyl (C=O) groups excluding carboxylic acids is 1. The highest BCUT2D eigenvalue weighted by Crippen LogP contribution is 2.30. The molecule has 0 spiro atoms. The lowest BCUT2D eigenvalue weighted by molar-refractivity contribution is -0.141. The minimum atomic E-state index is -4.50. The van der Waals surface area contributed by atoms with E-state index in [1.807, 2.05) is 0 Å². The van der Waals surface area contributed by atoms with Crippen LogP contribution in [0.4, 0.5) is 13.2 Å². The summed E-state index contributed by atoms with van der Waals surface area (Å²) >= 11 is 0. The van der Waals surface area contributed by atoms with Gasteiger partial charge in [0.25, 0.3) is 5.91 Å². The van der Waals surface area contributed by atoms with E-state index in [9.17, 15) is 22.8 Å². The van der Waals surface area contributed by atoms with Gasteiger partial charge in [-0.25, -0.2) is 4.68 Å². The lowest BCUT2D eigenvalue weighted by Gasteiger charge is -2.17. The molecule has 0 saturated carbocycles. The number of benzene rings is 1. The summed E-state index contributed by atoms with van der Waals surface area (Å²) in [5, 5.41) is 16.2. The fourth-order valence-electron chi connectivity index (χ4n) is 2.08. The average molecular weight is 356 g/mol. The van der Waals surface area contributed by atoms with E-state index in [0.29, 0.717) is 0 Å². The van der Waals surface area contributed by atoms with Crippen molar-refractivity contribution in [2.75, 3.05) is 13.6 Å². The Morgan fingerprint density at radius 2 is 2.04 bits per heavy atom. The third kappa shape index (κ3) is 4.34. The van der Waals surface area contributed by atoms with Crippen LogP contribution < -0.4 is 0 Å². The van der Waals surface area contributed by atoms with Gasteiger partial charge in [0.2, 0.25) is 0 Å². The maximum Gasteiger partial charge on any atom is 0.416 e. The molecule has 1 aromatic carbocycles. The predicted octanol–water partition coefficient (Wildman–Crippen LogP) is 2.08. The highest BCUT2D eigenvalue weighted by atomic mass is 19.4. The van der Waals surface area contributed by atoms with Gasteiger partial charge in [-0.3, -0.25) is 9.59 Å². The molecule has 1 N–H and O–H groups in total. The Morgan fingerprint density at radius 1 is 1.36 bits per heavy atom. The van der Waals surface area contributed by atoms with Gasteiger partial charge in [0.15, 0.2) is 5.69 Å². The summed E-state index contributed by atoms with van der Waals surface area (Å²) in [5.74, 6) is -2.40. The van der Waals surface area contributed by atoms with E-state index >= 15 is 0 Å². The molecule has 0 aliphatic carbocycles. The number of nitrogens with zero attached hydrogens (tertiary/aromatic N) is 4. The lowest BCUT2D eigenvalue weighted by atomic mass is 10.2. The molecule has 0 radical (unpaired) electrons. The van der Waals surface area contributed by atoms with Crippen molar-refractivity contribution in [3.63, 3.8) is 0 Å². The van der Waals surface area contributed by atoms with E-state index in [-0.39, 0.29) is 17.9 Å². The fourth-order valence-corrected chi connectivity index (χ4v) is 2.08. The quantitative estimate of drug-likeness (QED) is 0.886. The summed E-state index contributed by atoms with van der Waals surface area (Å²) in [4.78, 5) is 24.2.